The fourth-order valence-corrected chi connectivity index (χ4v) is 1.15. The zero-order valence-corrected chi connectivity index (χ0v) is 9.01. The zero-order valence-electron chi connectivity index (χ0n) is 9.01. The molecule has 0 aliphatic carbocycles. The summed E-state index contributed by atoms with van der Waals surface area (Å²) in [5, 5.41) is 24.9. The summed E-state index contributed by atoms with van der Waals surface area (Å²) >= 11 is 0. The minimum absolute atomic E-state index is 0.323. The third kappa shape index (κ3) is 1.65. The van der Waals surface area contributed by atoms with E-state index in [9.17, 15) is 10.1 Å². The lowest BCUT2D eigenvalue weighted by Gasteiger charge is -2.30. The van der Waals surface area contributed by atoms with Crippen LogP contribution in [0.25, 0.3) is 0 Å². The van der Waals surface area contributed by atoms with Gasteiger partial charge in [0.15, 0.2) is 0 Å². The summed E-state index contributed by atoms with van der Waals surface area (Å²) in [6.45, 7) is 1.56. The van der Waals surface area contributed by atoms with E-state index < -0.39 is 16.8 Å². The Morgan fingerprint density at radius 2 is 2.39 bits per heavy atom. The van der Waals surface area contributed by atoms with Gasteiger partial charge in [-0.05, 0) is 11.8 Å². The van der Waals surface area contributed by atoms with Crippen LogP contribution in [-0.4, -0.2) is 42.1 Å². The minimum atomic E-state index is -1.73. The van der Waals surface area contributed by atoms with E-state index in [4.69, 9.17) is 16.5 Å². The van der Waals surface area contributed by atoms with Crippen LogP contribution in [-0.2, 0) is 0 Å². The van der Waals surface area contributed by atoms with Gasteiger partial charge in [-0.1, -0.05) is 0 Å². The molecule has 1 aromatic heterocycles. The summed E-state index contributed by atoms with van der Waals surface area (Å²) in [6.07, 6.45) is 0. The molecule has 1 unspecified atom stereocenters. The molecule has 98 valence electrons. The smallest absolute Gasteiger partial charge is 0.390 e. The van der Waals surface area contributed by atoms with Crippen LogP contribution in [0.4, 0.5) is 5.95 Å². The maximum Gasteiger partial charge on any atom is 0.518 e. The van der Waals surface area contributed by atoms with Crippen molar-refractivity contribution in [3.05, 3.63) is 10.1 Å². The Kier molecular flexibility index (Phi) is 2.66. The van der Waals surface area contributed by atoms with Gasteiger partial charge < -0.3 is 10.1 Å². The van der Waals surface area contributed by atoms with Crippen molar-refractivity contribution in [3.8, 4) is 0 Å². The van der Waals surface area contributed by atoms with Gasteiger partial charge in [-0.3, -0.25) is 10.7 Å². The van der Waals surface area contributed by atoms with Crippen LogP contribution in [0.3, 0.4) is 0 Å². The Morgan fingerprint density at radius 1 is 1.67 bits per heavy atom. The molecule has 1 atom stereocenters. The van der Waals surface area contributed by atoms with E-state index in [2.05, 4.69) is 31.5 Å². The molecule has 0 bridgehead atoms. The molecular weight excluding hydrogens is 250 g/mol. The van der Waals surface area contributed by atoms with Crippen molar-refractivity contribution in [1.29, 1.82) is 0 Å². The first-order chi connectivity index (χ1) is 8.50. The van der Waals surface area contributed by atoms with E-state index in [0.29, 0.717) is 10.7 Å². The summed E-state index contributed by atoms with van der Waals surface area (Å²) in [7, 11) is 0. The SMILES string of the molecule is CC1=NNC(NN)(On2nnnc2[N+](=O)[O-])N1N. The fraction of sp³-hybridized carbons (Fsp3) is 0.500. The number of hydrazine groups is 2. The van der Waals surface area contributed by atoms with Crippen molar-refractivity contribution in [2.75, 3.05) is 0 Å². The lowest BCUT2D eigenvalue weighted by atomic mass is 10.6. The third-order valence-electron chi connectivity index (χ3n) is 2.06. The van der Waals surface area contributed by atoms with E-state index in [1.54, 1.807) is 6.92 Å². The molecule has 0 saturated carbocycles. The van der Waals surface area contributed by atoms with Crippen molar-refractivity contribution in [2.24, 2.45) is 16.8 Å². The average Bonchev–Trinajstić information content (AvgIpc) is 2.90. The Hall–Kier alpha value is -2.58. The highest BCUT2D eigenvalue weighted by molar-refractivity contribution is 5.80. The summed E-state index contributed by atoms with van der Waals surface area (Å²) in [6, 6.07) is 0. The van der Waals surface area contributed by atoms with Crippen molar-refractivity contribution >= 4 is 11.8 Å². The van der Waals surface area contributed by atoms with Crippen LogP contribution in [0.1, 0.15) is 6.92 Å². The van der Waals surface area contributed by atoms with Crippen molar-refractivity contribution in [1.82, 2.24) is 36.2 Å². The fourth-order valence-electron chi connectivity index (χ4n) is 1.15. The highest BCUT2D eigenvalue weighted by Gasteiger charge is 2.47. The number of amidine groups is 1. The number of hydrogen-bond acceptors (Lipinski definition) is 12. The highest BCUT2D eigenvalue weighted by Crippen LogP contribution is 2.11. The summed E-state index contributed by atoms with van der Waals surface area (Å²) < 4.78 is 0. The number of tetrazole rings is 1. The largest absolute Gasteiger partial charge is 0.518 e. The van der Waals surface area contributed by atoms with Crippen LogP contribution in [0.2, 0.25) is 0 Å². The van der Waals surface area contributed by atoms with Crippen LogP contribution < -0.4 is 27.4 Å². The molecule has 6 N–H and O–H groups in total. The minimum Gasteiger partial charge on any atom is -0.390 e. The van der Waals surface area contributed by atoms with Gasteiger partial charge in [0, 0.05) is 0 Å². The van der Waals surface area contributed by atoms with E-state index in [1.807, 2.05) is 0 Å². The molecule has 0 saturated heterocycles. The number of hydrogen-bond donors (Lipinski definition) is 4. The second-order valence-electron chi connectivity index (χ2n) is 3.13. The summed E-state index contributed by atoms with van der Waals surface area (Å²) in [5.41, 5.74) is 4.59. The first-order valence-corrected chi connectivity index (χ1v) is 4.46. The predicted molar refractivity (Wildman–Crippen MR) is 53.4 cm³/mol. The van der Waals surface area contributed by atoms with Gasteiger partial charge in [-0.2, -0.15) is 10.5 Å². The maximum absolute atomic E-state index is 10.6. The second kappa shape index (κ2) is 4.02. The molecule has 0 spiro atoms. The van der Waals surface area contributed by atoms with Crippen molar-refractivity contribution in [2.45, 2.75) is 12.9 Å². The Labute approximate surface area is 98.6 Å². The van der Waals surface area contributed by atoms with Crippen LogP contribution in [0, 0.1) is 10.1 Å². The molecule has 1 aromatic rings. The van der Waals surface area contributed by atoms with Gasteiger partial charge >= 0.3 is 11.9 Å². The van der Waals surface area contributed by atoms with E-state index >= 15 is 0 Å². The molecule has 0 aromatic carbocycles. The van der Waals surface area contributed by atoms with Crippen LogP contribution in [0.5, 0.6) is 0 Å². The van der Waals surface area contributed by atoms with Crippen molar-refractivity contribution < 1.29 is 9.76 Å². The number of nitrogens with two attached hydrogens (primary N) is 2. The molecular formula is C4H9N11O3. The average molecular weight is 259 g/mol. The molecule has 0 fully saturated rings. The number of hydrazone groups is 1. The molecule has 0 radical (unpaired) electrons. The van der Waals surface area contributed by atoms with Gasteiger partial charge in [0.25, 0.3) is 0 Å². The molecule has 2 heterocycles. The number of nitrogens with one attached hydrogen (secondary N) is 2. The lowest BCUT2D eigenvalue weighted by molar-refractivity contribution is -0.406. The van der Waals surface area contributed by atoms with Gasteiger partial charge in [0.1, 0.15) is 5.84 Å². The van der Waals surface area contributed by atoms with E-state index in [-0.39, 0.29) is 0 Å². The van der Waals surface area contributed by atoms with Gasteiger partial charge in [0.2, 0.25) is 0 Å². The quantitative estimate of drug-likeness (QED) is 0.179. The number of nitro groups is 1. The van der Waals surface area contributed by atoms with E-state index in [1.165, 1.54) is 0 Å². The van der Waals surface area contributed by atoms with Gasteiger partial charge in [-0.15, -0.1) is 0 Å². The number of rotatable bonds is 4. The molecule has 1 aliphatic rings. The highest BCUT2D eigenvalue weighted by atomic mass is 16.7. The van der Waals surface area contributed by atoms with Crippen LogP contribution >= 0.6 is 0 Å². The molecule has 14 heteroatoms. The summed E-state index contributed by atoms with van der Waals surface area (Å²) in [4.78, 5) is 15.3. The monoisotopic (exact) mass is 259 g/mol. The Morgan fingerprint density at radius 3 is 2.89 bits per heavy atom. The third-order valence-corrected chi connectivity index (χ3v) is 2.06. The first-order valence-electron chi connectivity index (χ1n) is 4.46. The zero-order chi connectivity index (χ0) is 13.3. The second-order valence-corrected chi connectivity index (χ2v) is 3.13. The number of nitrogens with zero attached hydrogens (tertiary/aromatic N) is 7. The first kappa shape index (κ1) is 11.9. The van der Waals surface area contributed by atoms with Gasteiger partial charge in [0.05, 0.1) is 20.4 Å². The standard InChI is InChI=1S/C4H9N11O3/c1-2-7-10-4(9-5,13(2)6)18-14-3(15(16)17)8-11-12-14/h9-10H,5-6H2,1H3. The normalized spacial score (nSPS) is 22.6. The summed E-state index contributed by atoms with van der Waals surface area (Å²) in [5.74, 6) is 8.76. The van der Waals surface area contributed by atoms with Gasteiger partial charge in [-0.25, -0.2) is 16.3 Å². The number of aromatic nitrogens is 4. The lowest BCUT2D eigenvalue weighted by Crippen LogP contribution is -2.73. The Balaban J connectivity index is 2.27. The molecule has 2 rings (SSSR count). The molecule has 14 nitrogen and oxygen atoms in total. The van der Waals surface area contributed by atoms with E-state index in [0.717, 1.165) is 5.01 Å². The van der Waals surface area contributed by atoms with Crippen molar-refractivity contribution in [3.63, 3.8) is 0 Å². The molecule has 0 amide bonds. The maximum atomic E-state index is 10.6. The molecule has 1 aliphatic heterocycles. The van der Waals surface area contributed by atoms with Crippen LogP contribution in [0.15, 0.2) is 5.10 Å². The predicted octanol–water partition coefficient (Wildman–Crippen LogP) is -3.80. The topological polar surface area (TPSA) is 188 Å². The molecule has 18 heavy (non-hydrogen) atoms. The Bertz CT molecular complexity index is 496.